The highest BCUT2D eigenvalue weighted by molar-refractivity contribution is 7.07. The van der Waals surface area contributed by atoms with Crippen molar-refractivity contribution in [1.82, 2.24) is 4.57 Å². The normalized spacial score (nSPS) is 11.3. The van der Waals surface area contributed by atoms with Gasteiger partial charge < -0.3 is 19.4 Å². The fraction of sp³-hybridized carbons (Fsp3) is 0.238. The summed E-state index contributed by atoms with van der Waals surface area (Å²) in [5.74, 6) is 0.881. The number of rotatable bonds is 7. The third-order valence-electron chi connectivity index (χ3n) is 4.30. The van der Waals surface area contributed by atoms with E-state index in [1.807, 2.05) is 35.8 Å². The predicted octanol–water partition coefficient (Wildman–Crippen LogP) is 3.94. The Labute approximate surface area is 168 Å². The first-order chi connectivity index (χ1) is 13.7. The molecule has 1 aromatic heterocycles. The van der Waals surface area contributed by atoms with Gasteiger partial charge >= 0.3 is 0 Å². The van der Waals surface area contributed by atoms with Crippen LogP contribution >= 0.6 is 11.3 Å². The number of carbonyl (C=O) groups is 1. The second kappa shape index (κ2) is 9.23. The zero-order valence-corrected chi connectivity index (χ0v) is 17.0. The minimum Gasteiger partial charge on any atom is -0.493 e. The molecule has 1 N–H and O–H groups in total. The van der Waals surface area contributed by atoms with Crippen molar-refractivity contribution in [3.05, 3.63) is 70.0 Å². The zero-order valence-electron chi connectivity index (χ0n) is 16.1. The number of hydrogen-bond acceptors (Lipinski definition) is 5. The van der Waals surface area contributed by atoms with Crippen LogP contribution in [-0.4, -0.2) is 24.7 Å². The lowest BCUT2D eigenvalue weighted by Gasteiger charge is -2.12. The van der Waals surface area contributed by atoms with Gasteiger partial charge in [-0.2, -0.15) is 0 Å². The number of nitrogens with one attached hydrogen (secondary N) is 1. The number of carbonyl (C=O) groups excluding carboxylic acids is 1. The molecule has 7 heteroatoms. The van der Waals surface area contributed by atoms with Crippen molar-refractivity contribution in [2.45, 2.75) is 20.0 Å². The lowest BCUT2D eigenvalue weighted by atomic mass is 10.1. The molecule has 0 aliphatic heterocycles. The number of para-hydroxylation sites is 1. The van der Waals surface area contributed by atoms with Gasteiger partial charge in [0.15, 0.2) is 16.3 Å². The highest BCUT2D eigenvalue weighted by Gasteiger charge is 2.12. The number of hydrogen-bond donors (Lipinski definition) is 1. The molecule has 6 nitrogen and oxygen atoms in total. The Hall–Kier alpha value is -3.06. The number of ether oxygens (including phenoxy) is 2. The first-order valence-electron chi connectivity index (χ1n) is 8.92. The van der Waals surface area contributed by atoms with Gasteiger partial charge in [0.1, 0.15) is 0 Å². The third kappa shape index (κ3) is 4.43. The Morgan fingerprint density at radius 3 is 2.68 bits per heavy atom. The molecule has 0 fully saturated rings. The van der Waals surface area contributed by atoms with E-state index in [1.54, 1.807) is 43.8 Å². The monoisotopic (exact) mass is 397 g/mol. The van der Waals surface area contributed by atoms with Gasteiger partial charge in [0, 0.05) is 29.4 Å². The van der Waals surface area contributed by atoms with E-state index in [4.69, 9.17) is 14.5 Å². The number of thiazole rings is 1. The molecular weight excluding hydrogens is 374 g/mol. The lowest BCUT2D eigenvalue weighted by molar-refractivity contribution is 0.102. The summed E-state index contributed by atoms with van der Waals surface area (Å²) < 4.78 is 12.6. The zero-order chi connectivity index (χ0) is 19.9. The van der Waals surface area contributed by atoms with E-state index in [0.717, 1.165) is 22.6 Å². The quantitative estimate of drug-likeness (QED) is 0.657. The molecule has 0 aliphatic rings. The van der Waals surface area contributed by atoms with Crippen molar-refractivity contribution in [3.8, 4) is 11.5 Å². The molecule has 3 rings (SSSR count). The smallest absolute Gasteiger partial charge is 0.255 e. The minimum absolute atomic E-state index is 0.215. The summed E-state index contributed by atoms with van der Waals surface area (Å²) in [6.07, 6.45) is 2.02. The van der Waals surface area contributed by atoms with E-state index in [0.29, 0.717) is 23.6 Å². The van der Waals surface area contributed by atoms with Gasteiger partial charge in [0.05, 0.1) is 20.8 Å². The summed E-state index contributed by atoms with van der Waals surface area (Å²) in [5.41, 5.74) is 2.18. The van der Waals surface area contributed by atoms with Gasteiger partial charge in [-0.25, -0.2) is 0 Å². The molecule has 0 saturated heterocycles. The first kappa shape index (κ1) is 19.7. The van der Waals surface area contributed by atoms with E-state index < -0.39 is 0 Å². The van der Waals surface area contributed by atoms with E-state index >= 15 is 0 Å². The minimum atomic E-state index is -0.215. The second-order valence-corrected chi connectivity index (χ2v) is 6.84. The van der Waals surface area contributed by atoms with Gasteiger partial charge in [0.25, 0.3) is 5.91 Å². The van der Waals surface area contributed by atoms with Crippen LogP contribution in [-0.2, 0) is 13.1 Å². The number of methoxy groups -OCH3 is 2. The van der Waals surface area contributed by atoms with Crippen LogP contribution in [0.4, 0.5) is 5.69 Å². The van der Waals surface area contributed by atoms with E-state index in [-0.39, 0.29) is 5.91 Å². The number of benzene rings is 2. The van der Waals surface area contributed by atoms with Crippen molar-refractivity contribution in [1.29, 1.82) is 0 Å². The Morgan fingerprint density at radius 2 is 1.93 bits per heavy atom. The Balaban J connectivity index is 1.82. The molecule has 146 valence electrons. The molecule has 0 spiro atoms. The summed E-state index contributed by atoms with van der Waals surface area (Å²) in [6, 6.07) is 12.8. The van der Waals surface area contributed by atoms with Crippen LogP contribution in [0.15, 0.2) is 59.0 Å². The van der Waals surface area contributed by atoms with E-state index in [1.165, 1.54) is 0 Å². The van der Waals surface area contributed by atoms with Crippen molar-refractivity contribution in [3.63, 3.8) is 0 Å². The maximum atomic E-state index is 12.7. The van der Waals surface area contributed by atoms with Gasteiger partial charge in [-0.15, -0.1) is 11.3 Å². The van der Waals surface area contributed by atoms with Crippen molar-refractivity contribution in [2.75, 3.05) is 19.5 Å². The maximum absolute atomic E-state index is 12.7. The fourth-order valence-corrected chi connectivity index (χ4v) is 3.56. The standard InChI is InChI=1S/C21H23N3O3S/c1-4-24-11-12-28-21(24)22-14-16-7-5-6-8-17(16)23-20(25)15-9-10-18(26-2)19(13-15)27-3/h5-13H,4,14H2,1-3H3,(H,23,25). The Kier molecular flexibility index (Phi) is 6.49. The highest BCUT2D eigenvalue weighted by atomic mass is 32.1. The van der Waals surface area contributed by atoms with Crippen LogP contribution in [0, 0.1) is 0 Å². The highest BCUT2D eigenvalue weighted by Crippen LogP contribution is 2.28. The summed E-state index contributed by atoms with van der Waals surface area (Å²) in [4.78, 5) is 18.4. The molecule has 28 heavy (non-hydrogen) atoms. The number of amides is 1. The summed E-state index contributed by atoms with van der Waals surface area (Å²) >= 11 is 1.60. The predicted molar refractivity (Wildman–Crippen MR) is 111 cm³/mol. The Morgan fingerprint density at radius 1 is 1.14 bits per heavy atom. The first-order valence-corrected chi connectivity index (χ1v) is 9.80. The van der Waals surface area contributed by atoms with Gasteiger partial charge in [-0.3, -0.25) is 9.79 Å². The molecular formula is C21H23N3O3S. The number of nitrogens with zero attached hydrogens (tertiary/aromatic N) is 2. The number of aryl methyl sites for hydroxylation is 1. The summed E-state index contributed by atoms with van der Waals surface area (Å²) in [7, 11) is 3.11. The second-order valence-electron chi connectivity index (χ2n) is 5.97. The molecule has 0 saturated carbocycles. The topological polar surface area (TPSA) is 64.9 Å². The van der Waals surface area contributed by atoms with E-state index in [2.05, 4.69) is 16.8 Å². The number of aromatic nitrogens is 1. The van der Waals surface area contributed by atoms with Crippen LogP contribution in [0.2, 0.25) is 0 Å². The van der Waals surface area contributed by atoms with E-state index in [9.17, 15) is 4.79 Å². The van der Waals surface area contributed by atoms with Gasteiger partial charge in [-0.05, 0) is 36.8 Å². The average molecular weight is 398 g/mol. The molecule has 3 aromatic rings. The molecule has 1 heterocycles. The summed E-state index contributed by atoms with van der Waals surface area (Å²) in [6.45, 7) is 3.45. The molecule has 0 atom stereocenters. The average Bonchev–Trinajstić information content (AvgIpc) is 3.20. The van der Waals surface area contributed by atoms with Crippen LogP contribution < -0.4 is 19.6 Å². The maximum Gasteiger partial charge on any atom is 0.255 e. The van der Waals surface area contributed by atoms with Crippen LogP contribution in [0.5, 0.6) is 11.5 Å². The largest absolute Gasteiger partial charge is 0.493 e. The van der Waals surface area contributed by atoms with Crippen molar-refractivity contribution >= 4 is 22.9 Å². The molecule has 0 radical (unpaired) electrons. The van der Waals surface area contributed by atoms with Gasteiger partial charge in [-0.1, -0.05) is 18.2 Å². The van der Waals surface area contributed by atoms with Crippen molar-refractivity contribution < 1.29 is 14.3 Å². The molecule has 0 aliphatic carbocycles. The molecule has 0 bridgehead atoms. The SMILES string of the molecule is CCn1ccsc1=NCc1ccccc1NC(=O)c1ccc(OC)c(OC)c1. The molecule has 0 unspecified atom stereocenters. The lowest BCUT2D eigenvalue weighted by Crippen LogP contribution is -2.15. The Bertz CT molecular complexity index is 1020. The third-order valence-corrected chi connectivity index (χ3v) is 5.13. The summed E-state index contributed by atoms with van der Waals surface area (Å²) in [5, 5.41) is 5.00. The molecule has 2 aromatic carbocycles. The number of anilines is 1. The van der Waals surface area contributed by atoms with Crippen molar-refractivity contribution in [2.24, 2.45) is 4.99 Å². The molecule has 1 amide bonds. The van der Waals surface area contributed by atoms with Gasteiger partial charge in [0.2, 0.25) is 0 Å². The van der Waals surface area contributed by atoms with Crippen LogP contribution in [0.25, 0.3) is 0 Å². The van der Waals surface area contributed by atoms with Crippen LogP contribution in [0.1, 0.15) is 22.8 Å². The fourth-order valence-electron chi connectivity index (χ4n) is 2.77. The van der Waals surface area contributed by atoms with Crippen LogP contribution in [0.3, 0.4) is 0 Å².